The third-order valence-electron chi connectivity index (χ3n) is 4.25. The summed E-state index contributed by atoms with van der Waals surface area (Å²) in [5.74, 6) is -0.936. The van der Waals surface area contributed by atoms with Crippen LogP contribution in [0.4, 0.5) is 4.79 Å². The lowest BCUT2D eigenvalue weighted by Gasteiger charge is -2.39. The molecule has 0 aromatic carbocycles. The molecule has 1 aliphatic carbocycles. The van der Waals surface area contributed by atoms with Crippen LogP contribution < -0.4 is 5.32 Å². The largest absolute Gasteiger partial charge is 0.480 e. The molecule has 2 amide bonds. The second kappa shape index (κ2) is 6.41. The van der Waals surface area contributed by atoms with Gasteiger partial charge in [0.2, 0.25) is 0 Å². The maximum Gasteiger partial charge on any atom is 0.329 e. The highest BCUT2D eigenvalue weighted by Gasteiger charge is 2.46. The number of nitrogens with one attached hydrogen (secondary N) is 1. The van der Waals surface area contributed by atoms with Crippen LogP contribution in [0.2, 0.25) is 0 Å². The van der Waals surface area contributed by atoms with Gasteiger partial charge in [0, 0.05) is 26.2 Å². The number of nitrogens with zero attached hydrogens (tertiary/aromatic N) is 2. The van der Waals surface area contributed by atoms with E-state index in [4.69, 9.17) is 5.11 Å². The number of rotatable bonds is 4. The standard InChI is InChI=1S/C13H23N3O4/c17-10-9-15-5-2-6-16(8-7-15)12(20)14-13(11(18)19)3-1-4-13/h17H,1-10H2,(H,14,20)(H,18,19). The van der Waals surface area contributed by atoms with E-state index in [0.29, 0.717) is 39.0 Å². The van der Waals surface area contributed by atoms with Gasteiger partial charge >= 0.3 is 12.0 Å². The Hall–Kier alpha value is -1.34. The molecule has 0 atom stereocenters. The molecular weight excluding hydrogens is 262 g/mol. The molecule has 2 aliphatic rings. The molecule has 3 N–H and O–H groups in total. The molecule has 7 nitrogen and oxygen atoms in total. The highest BCUT2D eigenvalue weighted by molar-refractivity contribution is 5.87. The number of β-amino-alcohol motifs (C(OH)–C–C–N with tert-alkyl or cyclic N) is 1. The van der Waals surface area contributed by atoms with Crippen molar-refractivity contribution in [2.75, 3.05) is 39.3 Å². The van der Waals surface area contributed by atoms with Crippen molar-refractivity contribution in [2.45, 2.75) is 31.2 Å². The van der Waals surface area contributed by atoms with Crippen molar-refractivity contribution in [1.82, 2.24) is 15.1 Å². The second-order valence-electron chi connectivity index (χ2n) is 5.58. The Kier molecular flexibility index (Phi) is 4.82. The number of hydrogen-bond acceptors (Lipinski definition) is 4. The van der Waals surface area contributed by atoms with Gasteiger partial charge in [-0.25, -0.2) is 9.59 Å². The molecule has 0 radical (unpaired) electrons. The zero-order chi connectivity index (χ0) is 14.6. The van der Waals surface area contributed by atoms with Crippen molar-refractivity contribution in [2.24, 2.45) is 0 Å². The van der Waals surface area contributed by atoms with E-state index in [1.165, 1.54) is 0 Å². The first-order valence-electron chi connectivity index (χ1n) is 7.21. The number of carbonyl (C=O) groups excluding carboxylic acids is 1. The minimum Gasteiger partial charge on any atom is -0.480 e. The fourth-order valence-electron chi connectivity index (χ4n) is 2.75. The summed E-state index contributed by atoms with van der Waals surface area (Å²) in [4.78, 5) is 27.3. The van der Waals surface area contributed by atoms with Gasteiger partial charge in [-0.15, -0.1) is 0 Å². The lowest BCUT2D eigenvalue weighted by atomic mass is 9.77. The van der Waals surface area contributed by atoms with Crippen molar-refractivity contribution in [3.63, 3.8) is 0 Å². The van der Waals surface area contributed by atoms with Gasteiger partial charge in [-0.3, -0.25) is 4.90 Å². The van der Waals surface area contributed by atoms with Crippen molar-refractivity contribution < 1.29 is 19.8 Å². The van der Waals surface area contributed by atoms with Gasteiger partial charge in [0.05, 0.1) is 6.61 Å². The van der Waals surface area contributed by atoms with Gasteiger partial charge in [-0.1, -0.05) is 0 Å². The van der Waals surface area contributed by atoms with Crippen molar-refractivity contribution >= 4 is 12.0 Å². The van der Waals surface area contributed by atoms with Crippen LogP contribution in [0, 0.1) is 0 Å². The SMILES string of the molecule is O=C(NC1(C(=O)O)CCC1)N1CCCN(CCO)CC1. The Balaban J connectivity index is 1.88. The van der Waals surface area contributed by atoms with Crippen LogP contribution in [0.5, 0.6) is 0 Å². The fraction of sp³-hybridized carbons (Fsp3) is 0.846. The Morgan fingerprint density at radius 2 is 1.85 bits per heavy atom. The van der Waals surface area contributed by atoms with E-state index in [1.807, 2.05) is 0 Å². The number of carboxylic acid groups (broad SMARTS) is 1. The van der Waals surface area contributed by atoms with Gasteiger partial charge < -0.3 is 20.4 Å². The number of aliphatic hydroxyl groups is 1. The van der Waals surface area contributed by atoms with E-state index in [1.54, 1.807) is 4.90 Å². The maximum absolute atomic E-state index is 12.2. The Bertz CT molecular complexity index is 371. The van der Waals surface area contributed by atoms with Crippen LogP contribution in [-0.2, 0) is 4.79 Å². The highest BCUT2D eigenvalue weighted by atomic mass is 16.4. The van der Waals surface area contributed by atoms with Crippen LogP contribution in [0.3, 0.4) is 0 Å². The predicted molar refractivity (Wildman–Crippen MR) is 72.5 cm³/mol. The lowest BCUT2D eigenvalue weighted by Crippen LogP contribution is -2.61. The summed E-state index contributed by atoms with van der Waals surface area (Å²) in [6.45, 7) is 3.51. The number of urea groups is 1. The molecule has 2 rings (SSSR count). The average molecular weight is 285 g/mol. The predicted octanol–water partition coefficient (Wildman–Crippen LogP) is -0.297. The Morgan fingerprint density at radius 3 is 2.40 bits per heavy atom. The van der Waals surface area contributed by atoms with E-state index in [2.05, 4.69) is 10.2 Å². The molecule has 1 aliphatic heterocycles. The van der Waals surface area contributed by atoms with Gasteiger partial charge in [0.15, 0.2) is 0 Å². The number of hydrogen-bond donors (Lipinski definition) is 3. The maximum atomic E-state index is 12.2. The molecule has 20 heavy (non-hydrogen) atoms. The van der Waals surface area contributed by atoms with E-state index >= 15 is 0 Å². The summed E-state index contributed by atoms with van der Waals surface area (Å²) in [5.41, 5.74) is -1.05. The summed E-state index contributed by atoms with van der Waals surface area (Å²) in [6, 6.07) is -0.280. The molecule has 0 aromatic heterocycles. The first-order chi connectivity index (χ1) is 9.57. The normalized spacial score (nSPS) is 22.8. The molecule has 1 saturated heterocycles. The number of carbonyl (C=O) groups is 2. The van der Waals surface area contributed by atoms with Gasteiger partial charge in [-0.05, 0) is 32.2 Å². The zero-order valence-electron chi connectivity index (χ0n) is 11.7. The smallest absolute Gasteiger partial charge is 0.329 e. The summed E-state index contributed by atoms with van der Waals surface area (Å²) < 4.78 is 0. The Morgan fingerprint density at radius 1 is 1.10 bits per heavy atom. The van der Waals surface area contributed by atoms with Crippen LogP contribution in [-0.4, -0.2) is 76.9 Å². The molecule has 2 fully saturated rings. The minimum atomic E-state index is -1.05. The van der Waals surface area contributed by atoms with Crippen LogP contribution in [0.15, 0.2) is 0 Å². The fourth-order valence-corrected chi connectivity index (χ4v) is 2.75. The molecule has 1 saturated carbocycles. The van der Waals surface area contributed by atoms with Crippen molar-refractivity contribution in [3.05, 3.63) is 0 Å². The Labute approximate surface area is 118 Å². The number of aliphatic hydroxyl groups excluding tert-OH is 1. The summed E-state index contributed by atoms with van der Waals surface area (Å²) in [7, 11) is 0. The monoisotopic (exact) mass is 285 g/mol. The molecule has 7 heteroatoms. The first kappa shape index (κ1) is 15.1. The van der Waals surface area contributed by atoms with Crippen LogP contribution in [0.25, 0.3) is 0 Å². The third-order valence-corrected chi connectivity index (χ3v) is 4.25. The molecule has 114 valence electrons. The van der Waals surface area contributed by atoms with Crippen LogP contribution >= 0.6 is 0 Å². The number of amides is 2. The molecular formula is C13H23N3O4. The molecule has 0 unspecified atom stereocenters. The van der Waals surface area contributed by atoms with E-state index in [-0.39, 0.29) is 12.6 Å². The van der Waals surface area contributed by atoms with E-state index in [9.17, 15) is 14.7 Å². The van der Waals surface area contributed by atoms with Gasteiger partial charge in [0.1, 0.15) is 5.54 Å². The zero-order valence-corrected chi connectivity index (χ0v) is 11.7. The van der Waals surface area contributed by atoms with Crippen LogP contribution in [0.1, 0.15) is 25.7 Å². The quantitative estimate of drug-likeness (QED) is 0.659. The molecule has 0 bridgehead atoms. The number of aliphatic carboxylic acids is 1. The summed E-state index contributed by atoms with van der Waals surface area (Å²) in [6.07, 6.45) is 2.71. The van der Waals surface area contributed by atoms with E-state index < -0.39 is 11.5 Å². The van der Waals surface area contributed by atoms with Gasteiger partial charge in [-0.2, -0.15) is 0 Å². The minimum absolute atomic E-state index is 0.119. The highest BCUT2D eigenvalue weighted by Crippen LogP contribution is 2.32. The first-order valence-corrected chi connectivity index (χ1v) is 7.21. The van der Waals surface area contributed by atoms with E-state index in [0.717, 1.165) is 19.4 Å². The summed E-state index contributed by atoms with van der Waals surface area (Å²) >= 11 is 0. The third kappa shape index (κ3) is 3.21. The van der Waals surface area contributed by atoms with Gasteiger partial charge in [0.25, 0.3) is 0 Å². The second-order valence-corrected chi connectivity index (χ2v) is 5.58. The lowest BCUT2D eigenvalue weighted by molar-refractivity contribution is -0.148. The average Bonchev–Trinajstić information content (AvgIpc) is 2.59. The van der Waals surface area contributed by atoms with Crippen molar-refractivity contribution in [1.29, 1.82) is 0 Å². The molecule has 1 heterocycles. The molecule has 0 spiro atoms. The summed E-state index contributed by atoms with van der Waals surface area (Å²) in [5, 5.41) is 20.9. The molecule has 0 aromatic rings. The number of carboxylic acids is 1. The van der Waals surface area contributed by atoms with Crippen molar-refractivity contribution in [3.8, 4) is 0 Å². The topological polar surface area (TPSA) is 93.1 Å².